The van der Waals surface area contributed by atoms with Crippen molar-refractivity contribution in [2.75, 3.05) is 0 Å². The summed E-state index contributed by atoms with van der Waals surface area (Å²) in [7, 11) is 0. The molecule has 7 N–H and O–H groups in total. The van der Waals surface area contributed by atoms with Crippen LogP contribution in [-0.4, -0.2) is 28.1 Å². The smallest absolute Gasteiger partial charge is 0.402 e. The molecular weight excluding hydrogens is 293 g/mol. The standard InChI is InChI=1S/C12H12FN.2CH3NO2/c13-10-7-5-9(6-8-10)11-3-1-2-4-12(11)14;2*2-1(3)4/h1,3,5-8,11,14H,2,4H2;2*2H2,(H,3,4). The lowest BCUT2D eigenvalue weighted by molar-refractivity contribution is 0.204. The van der Waals surface area contributed by atoms with Crippen molar-refractivity contribution in [1.29, 1.82) is 5.41 Å². The number of nitrogens with two attached hydrogens (primary N) is 2. The van der Waals surface area contributed by atoms with Crippen LogP contribution < -0.4 is 11.5 Å². The molecule has 1 aliphatic carbocycles. The minimum atomic E-state index is -1.33. The number of benzene rings is 1. The van der Waals surface area contributed by atoms with Crippen molar-refractivity contribution >= 4 is 17.9 Å². The first-order valence-corrected chi connectivity index (χ1v) is 6.20. The summed E-state index contributed by atoms with van der Waals surface area (Å²) in [6.45, 7) is 0. The molecule has 1 atom stereocenters. The first-order valence-electron chi connectivity index (χ1n) is 6.20. The molecule has 0 saturated heterocycles. The molecule has 1 unspecified atom stereocenters. The van der Waals surface area contributed by atoms with Crippen LogP contribution in [0.4, 0.5) is 14.0 Å². The highest BCUT2D eigenvalue weighted by molar-refractivity contribution is 5.91. The van der Waals surface area contributed by atoms with E-state index >= 15 is 0 Å². The van der Waals surface area contributed by atoms with Crippen LogP contribution in [-0.2, 0) is 0 Å². The summed E-state index contributed by atoms with van der Waals surface area (Å²) in [4.78, 5) is 17.6. The van der Waals surface area contributed by atoms with E-state index in [2.05, 4.69) is 17.5 Å². The van der Waals surface area contributed by atoms with Gasteiger partial charge in [-0.25, -0.2) is 14.0 Å². The Labute approximate surface area is 126 Å². The first kappa shape index (κ1) is 19.1. The molecule has 0 heterocycles. The molecule has 0 spiro atoms. The van der Waals surface area contributed by atoms with Crippen molar-refractivity contribution in [3.8, 4) is 0 Å². The summed E-state index contributed by atoms with van der Waals surface area (Å²) < 4.78 is 12.7. The van der Waals surface area contributed by atoms with Crippen molar-refractivity contribution in [1.82, 2.24) is 0 Å². The molecule has 7 nitrogen and oxygen atoms in total. The molecule has 0 radical (unpaired) electrons. The van der Waals surface area contributed by atoms with Gasteiger partial charge in [0.2, 0.25) is 0 Å². The molecule has 1 aromatic carbocycles. The molecule has 0 aromatic heterocycles. The quantitative estimate of drug-likeness (QED) is 0.506. The number of carboxylic acid groups (broad SMARTS) is 2. The third-order valence-corrected chi connectivity index (χ3v) is 2.51. The van der Waals surface area contributed by atoms with Gasteiger partial charge in [0.05, 0.1) is 0 Å². The predicted octanol–water partition coefficient (Wildman–Crippen LogP) is 2.53. The van der Waals surface area contributed by atoms with Crippen LogP contribution >= 0.6 is 0 Å². The molecule has 22 heavy (non-hydrogen) atoms. The van der Waals surface area contributed by atoms with Gasteiger partial charge >= 0.3 is 12.2 Å². The largest absolute Gasteiger partial charge is 0.465 e. The van der Waals surface area contributed by atoms with Crippen molar-refractivity contribution in [3.05, 3.63) is 47.8 Å². The molecule has 0 aliphatic heterocycles. The van der Waals surface area contributed by atoms with E-state index < -0.39 is 12.2 Å². The summed E-state index contributed by atoms with van der Waals surface area (Å²) in [5.74, 6) is -0.163. The molecule has 2 rings (SSSR count). The maximum absolute atomic E-state index is 12.7. The first-order chi connectivity index (χ1) is 10.2. The zero-order valence-corrected chi connectivity index (χ0v) is 11.7. The van der Waals surface area contributed by atoms with E-state index in [1.807, 2.05) is 6.08 Å². The van der Waals surface area contributed by atoms with Crippen LogP contribution in [0.2, 0.25) is 0 Å². The lowest BCUT2D eigenvalue weighted by Gasteiger charge is -2.18. The minimum Gasteiger partial charge on any atom is -0.465 e. The number of halogens is 1. The van der Waals surface area contributed by atoms with Crippen LogP contribution in [0.25, 0.3) is 0 Å². The van der Waals surface area contributed by atoms with Gasteiger partial charge in [0.15, 0.2) is 0 Å². The summed E-state index contributed by atoms with van der Waals surface area (Å²) >= 11 is 0. The lowest BCUT2D eigenvalue weighted by Crippen LogP contribution is -2.12. The fourth-order valence-corrected chi connectivity index (χ4v) is 1.73. The molecule has 120 valence electrons. The van der Waals surface area contributed by atoms with Crippen LogP contribution in [0.5, 0.6) is 0 Å². The molecule has 0 fully saturated rings. The molecule has 8 heteroatoms. The number of hydrogen-bond donors (Lipinski definition) is 5. The maximum Gasteiger partial charge on any atom is 0.402 e. The molecular formula is C14H18FN3O4. The highest BCUT2D eigenvalue weighted by Crippen LogP contribution is 2.24. The van der Waals surface area contributed by atoms with Crippen molar-refractivity contribution < 1.29 is 24.2 Å². The van der Waals surface area contributed by atoms with Crippen molar-refractivity contribution in [2.24, 2.45) is 11.5 Å². The third kappa shape index (κ3) is 9.08. The number of rotatable bonds is 1. The van der Waals surface area contributed by atoms with Crippen LogP contribution in [0.3, 0.4) is 0 Å². The van der Waals surface area contributed by atoms with E-state index in [0.29, 0.717) is 0 Å². The summed E-state index contributed by atoms with van der Waals surface area (Å²) in [5.41, 5.74) is 9.78. The minimum absolute atomic E-state index is 0.0596. The number of nitrogens with one attached hydrogen (secondary N) is 1. The van der Waals surface area contributed by atoms with Crippen molar-refractivity contribution in [2.45, 2.75) is 18.8 Å². The number of amides is 2. The Morgan fingerprint density at radius 2 is 1.59 bits per heavy atom. The normalized spacial score (nSPS) is 15.7. The van der Waals surface area contributed by atoms with Gasteiger partial charge < -0.3 is 27.1 Å². The Bertz CT molecular complexity index is 524. The van der Waals surface area contributed by atoms with Gasteiger partial charge in [-0.2, -0.15) is 0 Å². The Kier molecular flexibility index (Phi) is 8.61. The second-order valence-electron chi connectivity index (χ2n) is 4.20. The topological polar surface area (TPSA) is 150 Å². The van der Waals surface area contributed by atoms with Gasteiger partial charge in [0.1, 0.15) is 5.82 Å². The second kappa shape index (κ2) is 9.92. The van der Waals surface area contributed by atoms with E-state index in [1.54, 1.807) is 12.1 Å². The highest BCUT2D eigenvalue weighted by atomic mass is 19.1. The molecule has 1 aromatic rings. The summed E-state index contributed by atoms with van der Waals surface area (Å²) in [6, 6.07) is 6.41. The van der Waals surface area contributed by atoms with Crippen molar-refractivity contribution in [3.63, 3.8) is 0 Å². The zero-order chi connectivity index (χ0) is 17.1. The van der Waals surface area contributed by atoms with Crippen LogP contribution in [0, 0.1) is 11.2 Å². The van der Waals surface area contributed by atoms with Gasteiger partial charge in [-0.05, 0) is 30.5 Å². The molecule has 0 saturated carbocycles. The predicted molar refractivity (Wildman–Crippen MR) is 79.7 cm³/mol. The molecule has 2 amide bonds. The van der Waals surface area contributed by atoms with Gasteiger partial charge in [0, 0.05) is 11.6 Å². The fraction of sp³-hybridized carbons (Fsp3) is 0.214. The maximum atomic E-state index is 12.7. The fourth-order valence-electron chi connectivity index (χ4n) is 1.73. The Hall–Kier alpha value is -2.90. The van der Waals surface area contributed by atoms with E-state index in [1.165, 1.54) is 12.1 Å². The van der Waals surface area contributed by atoms with E-state index in [-0.39, 0.29) is 11.7 Å². The van der Waals surface area contributed by atoms with Crippen LogP contribution in [0.1, 0.15) is 24.3 Å². The second-order valence-corrected chi connectivity index (χ2v) is 4.20. The summed E-state index contributed by atoms with van der Waals surface area (Å²) in [5, 5.41) is 22.2. The zero-order valence-electron chi connectivity index (χ0n) is 11.7. The average Bonchev–Trinajstić information content (AvgIpc) is 2.39. The van der Waals surface area contributed by atoms with E-state index in [4.69, 9.17) is 25.2 Å². The van der Waals surface area contributed by atoms with E-state index in [9.17, 15) is 4.39 Å². The number of primary amides is 2. The Balaban J connectivity index is 0.000000464. The monoisotopic (exact) mass is 311 g/mol. The average molecular weight is 311 g/mol. The summed E-state index contributed by atoms with van der Waals surface area (Å²) in [6.07, 6.45) is 3.22. The number of carbonyl (C=O) groups is 2. The molecule has 0 bridgehead atoms. The highest BCUT2D eigenvalue weighted by Gasteiger charge is 2.16. The van der Waals surface area contributed by atoms with Gasteiger partial charge in [-0.15, -0.1) is 0 Å². The SMILES string of the molecule is N=C1CCC=CC1c1ccc(F)cc1.NC(=O)O.NC(=O)O. The van der Waals surface area contributed by atoms with E-state index in [0.717, 1.165) is 24.1 Å². The molecule has 1 aliphatic rings. The lowest BCUT2D eigenvalue weighted by atomic mass is 9.87. The number of hydrogen-bond acceptors (Lipinski definition) is 3. The van der Waals surface area contributed by atoms with Gasteiger partial charge in [0.25, 0.3) is 0 Å². The Morgan fingerprint density at radius 3 is 2.00 bits per heavy atom. The third-order valence-electron chi connectivity index (χ3n) is 2.51. The van der Waals surface area contributed by atoms with Crippen LogP contribution in [0.15, 0.2) is 36.4 Å². The van der Waals surface area contributed by atoms with Gasteiger partial charge in [-0.3, -0.25) is 0 Å². The number of allylic oxidation sites excluding steroid dienone is 2. The Morgan fingerprint density at radius 1 is 1.14 bits per heavy atom. The van der Waals surface area contributed by atoms with Gasteiger partial charge in [-0.1, -0.05) is 24.3 Å².